The summed E-state index contributed by atoms with van der Waals surface area (Å²) < 4.78 is 13.2. The van der Waals surface area contributed by atoms with Crippen LogP contribution in [-0.2, 0) is 0 Å². The molecule has 2 nitrogen and oxygen atoms in total. The van der Waals surface area contributed by atoms with Gasteiger partial charge in [-0.15, -0.1) is 31.4 Å². The highest BCUT2D eigenvalue weighted by molar-refractivity contribution is 5.85. The van der Waals surface area contributed by atoms with Crippen LogP contribution in [-0.4, -0.2) is 31.1 Å². The monoisotopic (exact) mass is 292 g/mol. The molecule has 1 N–H and O–H groups in total. The smallest absolute Gasteiger partial charge is 0.123 e. The summed E-state index contributed by atoms with van der Waals surface area (Å²) in [6, 6.07) is 6.90. The fourth-order valence-electron chi connectivity index (χ4n) is 2.15. The summed E-state index contributed by atoms with van der Waals surface area (Å²) in [5.74, 6) is -0.181. The first-order valence-corrected chi connectivity index (χ1v) is 5.64. The molecule has 1 atom stereocenters. The van der Waals surface area contributed by atoms with Crippen molar-refractivity contribution in [1.82, 2.24) is 10.2 Å². The molecule has 102 valence electrons. The van der Waals surface area contributed by atoms with Crippen LogP contribution in [0.4, 0.5) is 4.39 Å². The van der Waals surface area contributed by atoms with E-state index in [1.807, 2.05) is 12.1 Å². The van der Waals surface area contributed by atoms with Gasteiger partial charge in [0.2, 0.25) is 0 Å². The van der Waals surface area contributed by atoms with E-state index in [0.717, 1.165) is 31.7 Å². The first-order valence-electron chi connectivity index (χ1n) is 5.64. The van der Waals surface area contributed by atoms with Gasteiger partial charge in [-0.25, -0.2) is 4.39 Å². The minimum Gasteiger partial charge on any atom is -0.314 e. The Morgan fingerprint density at radius 2 is 1.94 bits per heavy atom. The van der Waals surface area contributed by atoms with Crippen LogP contribution >= 0.6 is 24.8 Å². The van der Waals surface area contributed by atoms with Crippen molar-refractivity contribution in [2.75, 3.05) is 26.2 Å². The molecular weight excluding hydrogens is 274 g/mol. The van der Waals surface area contributed by atoms with Crippen molar-refractivity contribution in [3.05, 3.63) is 48.3 Å². The standard InChI is InChI=1S/C13H17FN2.2ClH/c1-2-13(16-8-6-15-7-9-16)11-4-3-5-12(14)10-11;;/h2-5,10,13,15H,1,6-9H2;2*1H/t13-;;/m0../s1. The summed E-state index contributed by atoms with van der Waals surface area (Å²) in [5, 5.41) is 3.31. The lowest BCUT2D eigenvalue weighted by atomic mass is 10.0. The van der Waals surface area contributed by atoms with Gasteiger partial charge in [0.1, 0.15) is 5.82 Å². The van der Waals surface area contributed by atoms with E-state index in [-0.39, 0.29) is 36.7 Å². The quantitative estimate of drug-likeness (QED) is 0.862. The summed E-state index contributed by atoms with van der Waals surface area (Å²) in [4.78, 5) is 2.32. The molecule has 0 bridgehead atoms. The molecule has 18 heavy (non-hydrogen) atoms. The lowest BCUT2D eigenvalue weighted by molar-refractivity contribution is 0.203. The van der Waals surface area contributed by atoms with Gasteiger partial charge in [0.15, 0.2) is 0 Å². The van der Waals surface area contributed by atoms with Gasteiger partial charge in [-0.2, -0.15) is 0 Å². The van der Waals surface area contributed by atoms with E-state index in [4.69, 9.17) is 0 Å². The maximum absolute atomic E-state index is 13.2. The Kier molecular flexibility index (Phi) is 8.20. The van der Waals surface area contributed by atoms with Gasteiger partial charge in [-0.05, 0) is 17.7 Å². The molecule has 1 saturated heterocycles. The highest BCUT2D eigenvalue weighted by atomic mass is 35.5. The number of nitrogens with one attached hydrogen (secondary N) is 1. The Labute approximate surface area is 120 Å². The van der Waals surface area contributed by atoms with E-state index in [1.165, 1.54) is 6.07 Å². The highest BCUT2D eigenvalue weighted by Gasteiger charge is 2.19. The molecule has 1 aliphatic rings. The SMILES string of the molecule is C=C[C@@H](c1cccc(F)c1)N1CCNCC1.Cl.Cl. The molecule has 0 radical (unpaired) electrons. The predicted molar refractivity (Wildman–Crippen MR) is 78.3 cm³/mol. The van der Waals surface area contributed by atoms with Gasteiger partial charge in [-0.1, -0.05) is 18.2 Å². The molecule has 1 heterocycles. The number of rotatable bonds is 3. The molecule has 0 amide bonds. The molecule has 1 aromatic carbocycles. The maximum atomic E-state index is 13.2. The van der Waals surface area contributed by atoms with Gasteiger partial charge >= 0.3 is 0 Å². The fraction of sp³-hybridized carbons (Fsp3) is 0.385. The lowest BCUT2D eigenvalue weighted by Crippen LogP contribution is -2.44. The number of nitrogens with zero attached hydrogens (tertiary/aromatic N) is 1. The molecule has 2 rings (SSSR count). The summed E-state index contributed by atoms with van der Waals surface area (Å²) in [6.07, 6.45) is 1.89. The molecule has 0 spiro atoms. The average Bonchev–Trinajstić information content (AvgIpc) is 2.31. The molecule has 1 aliphatic heterocycles. The Morgan fingerprint density at radius 3 is 2.50 bits per heavy atom. The first-order chi connectivity index (χ1) is 7.81. The normalized spacial score (nSPS) is 17.2. The largest absolute Gasteiger partial charge is 0.314 e. The second-order valence-electron chi connectivity index (χ2n) is 4.02. The number of halogens is 3. The van der Waals surface area contributed by atoms with E-state index in [0.29, 0.717) is 0 Å². The fourth-order valence-corrected chi connectivity index (χ4v) is 2.15. The van der Waals surface area contributed by atoms with Crippen molar-refractivity contribution in [2.45, 2.75) is 6.04 Å². The van der Waals surface area contributed by atoms with Crippen LogP contribution in [0.25, 0.3) is 0 Å². The summed E-state index contributed by atoms with van der Waals surface area (Å²) >= 11 is 0. The lowest BCUT2D eigenvalue weighted by Gasteiger charge is -2.33. The van der Waals surface area contributed by atoms with Crippen LogP contribution in [0.3, 0.4) is 0 Å². The van der Waals surface area contributed by atoms with E-state index < -0.39 is 0 Å². The number of benzene rings is 1. The van der Waals surface area contributed by atoms with Crippen molar-refractivity contribution < 1.29 is 4.39 Å². The molecule has 1 aromatic rings. The molecule has 0 aliphatic carbocycles. The Balaban J connectivity index is 0.00000144. The van der Waals surface area contributed by atoms with Crippen LogP contribution in [0, 0.1) is 5.82 Å². The number of hydrogen-bond donors (Lipinski definition) is 1. The van der Waals surface area contributed by atoms with Crippen LogP contribution in [0.2, 0.25) is 0 Å². The minimum absolute atomic E-state index is 0. The van der Waals surface area contributed by atoms with Crippen molar-refractivity contribution in [3.63, 3.8) is 0 Å². The van der Waals surface area contributed by atoms with E-state index >= 15 is 0 Å². The van der Waals surface area contributed by atoms with E-state index in [9.17, 15) is 4.39 Å². The predicted octanol–water partition coefficient (Wildman–Crippen LogP) is 2.80. The van der Waals surface area contributed by atoms with Crippen LogP contribution in [0.15, 0.2) is 36.9 Å². The topological polar surface area (TPSA) is 15.3 Å². The number of hydrogen-bond acceptors (Lipinski definition) is 2. The first kappa shape index (κ1) is 17.4. The van der Waals surface area contributed by atoms with Gasteiger partial charge in [-0.3, -0.25) is 4.90 Å². The highest BCUT2D eigenvalue weighted by Crippen LogP contribution is 2.22. The van der Waals surface area contributed by atoms with Gasteiger partial charge < -0.3 is 5.32 Å². The zero-order chi connectivity index (χ0) is 11.4. The summed E-state index contributed by atoms with van der Waals surface area (Å²) in [5.41, 5.74) is 0.983. The molecule has 0 unspecified atom stereocenters. The van der Waals surface area contributed by atoms with Crippen molar-refractivity contribution >= 4 is 24.8 Å². The summed E-state index contributed by atoms with van der Waals surface area (Å²) in [7, 11) is 0. The van der Waals surface area contributed by atoms with Crippen molar-refractivity contribution in [2.24, 2.45) is 0 Å². The molecule has 1 fully saturated rings. The summed E-state index contributed by atoms with van der Waals surface area (Å²) in [6.45, 7) is 7.79. The van der Waals surface area contributed by atoms with Crippen molar-refractivity contribution in [1.29, 1.82) is 0 Å². The average molecular weight is 293 g/mol. The van der Waals surface area contributed by atoms with Crippen LogP contribution in [0.1, 0.15) is 11.6 Å². The van der Waals surface area contributed by atoms with Gasteiger partial charge in [0, 0.05) is 26.2 Å². The molecule has 0 aromatic heterocycles. The Morgan fingerprint density at radius 1 is 1.28 bits per heavy atom. The second kappa shape index (κ2) is 8.48. The zero-order valence-electron chi connectivity index (χ0n) is 10.1. The van der Waals surface area contributed by atoms with Crippen LogP contribution in [0.5, 0.6) is 0 Å². The van der Waals surface area contributed by atoms with E-state index in [2.05, 4.69) is 16.8 Å². The Hall–Kier alpha value is -0.610. The number of piperazine rings is 1. The Bertz CT molecular complexity index is 368. The third kappa shape index (κ3) is 4.25. The van der Waals surface area contributed by atoms with E-state index in [1.54, 1.807) is 12.1 Å². The second-order valence-corrected chi connectivity index (χ2v) is 4.02. The molecule has 5 heteroatoms. The molecule has 0 saturated carbocycles. The minimum atomic E-state index is -0.181. The van der Waals surface area contributed by atoms with Gasteiger partial charge in [0.25, 0.3) is 0 Å². The molecular formula is C13H19Cl2FN2. The zero-order valence-corrected chi connectivity index (χ0v) is 11.8. The van der Waals surface area contributed by atoms with Crippen molar-refractivity contribution in [3.8, 4) is 0 Å². The van der Waals surface area contributed by atoms with Gasteiger partial charge in [0.05, 0.1) is 6.04 Å². The van der Waals surface area contributed by atoms with Crippen LogP contribution < -0.4 is 5.32 Å². The maximum Gasteiger partial charge on any atom is 0.123 e. The third-order valence-electron chi connectivity index (χ3n) is 2.96. The third-order valence-corrected chi connectivity index (χ3v) is 2.96.